The van der Waals surface area contributed by atoms with Crippen molar-refractivity contribution in [3.05, 3.63) is 46.2 Å². The fraction of sp³-hybridized carbons (Fsp3) is 0. The number of nitrogens with two attached hydrogens (primary N) is 2. The van der Waals surface area contributed by atoms with Crippen LogP contribution in [-0.2, 0) is 0 Å². The van der Waals surface area contributed by atoms with Gasteiger partial charge >= 0.3 is 5.97 Å². The van der Waals surface area contributed by atoms with E-state index in [1.165, 1.54) is 12.1 Å². The Morgan fingerprint density at radius 3 is 2.37 bits per heavy atom. The van der Waals surface area contributed by atoms with Crippen LogP contribution in [0.15, 0.2) is 35.1 Å². The number of aromatic amines is 1. The van der Waals surface area contributed by atoms with Crippen molar-refractivity contribution in [1.29, 1.82) is 0 Å². The highest BCUT2D eigenvalue weighted by molar-refractivity contribution is 5.88. The summed E-state index contributed by atoms with van der Waals surface area (Å²) in [5.74, 6) is -1.40. The number of carboxylic acids is 1. The van der Waals surface area contributed by atoms with Gasteiger partial charge in [0, 0.05) is 5.69 Å². The van der Waals surface area contributed by atoms with Crippen molar-refractivity contribution in [3.63, 3.8) is 0 Å². The molecule has 1 aromatic heterocycles. The molecule has 19 heavy (non-hydrogen) atoms. The first-order valence-corrected chi connectivity index (χ1v) is 5.03. The molecule has 2 aromatic rings. The highest BCUT2D eigenvalue weighted by Crippen LogP contribution is 2.05. The second-order valence-electron chi connectivity index (χ2n) is 3.42. The summed E-state index contributed by atoms with van der Waals surface area (Å²) >= 11 is 0. The molecule has 0 saturated carbocycles. The van der Waals surface area contributed by atoms with Crippen molar-refractivity contribution in [1.82, 2.24) is 9.97 Å². The Kier molecular flexibility index (Phi) is 4.47. The number of nitrogens with one attached hydrogen (secondary N) is 1. The molecule has 0 amide bonds. The smallest absolute Gasteiger partial charge is 0.335 e. The number of aromatic hydroxyl groups is 1. The van der Waals surface area contributed by atoms with Crippen LogP contribution >= 0.6 is 0 Å². The second-order valence-corrected chi connectivity index (χ2v) is 3.42. The van der Waals surface area contributed by atoms with Crippen molar-refractivity contribution in [2.75, 3.05) is 11.5 Å². The van der Waals surface area contributed by atoms with Crippen LogP contribution in [-0.4, -0.2) is 26.2 Å². The first kappa shape index (κ1) is 14.0. The number of benzene rings is 1. The molecule has 8 nitrogen and oxygen atoms in total. The Morgan fingerprint density at radius 2 is 1.95 bits per heavy atom. The zero-order chi connectivity index (χ0) is 14.4. The largest absolute Gasteiger partial charge is 0.493 e. The molecule has 0 unspecified atom stereocenters. The number of carboxylic acid groups (broad SMARTS) is 1. The van der Waals surface area contributed by atoms with E-state index in [0.29, 0.717) is 5.69 Å². The summed E-state index contributed by atoms with van der Waals surface area (Å²) in [6.07, 6.45) is 0. The van der Waals surface area contributed by atoms with E-state index in [4.69, 9.17) is 21.7 Å². The molecule has 100 valence electrons. The van der Waals surface area contributed by atoms with Crippen molar-refractivity contribution < 1.29 is 15.0 Å². The van der Waals surface area contributed by atoms with Gasteiger partial charge in [-0.25, -0.2) is 4.79 Å². The van der Waals surface area contributed by atoms with Crippen molar-refractivity contribution in [2.24, 2.45) is 0 Å². The van der Waals surface area contributed by atoms with Crippen molar-refractivity contribution >= 4 is 17.6 Å². The van der Waals surface area contributed by atoms with E-state index in [1.807, 2.05) is 0 Å². The lowest BCUT2D eigenvalue weighted by Crippen LogP contribution is -2.08. The van der Waals surface area contributed by atoms with Crippen LogP contribution in [0.1, 0.15) is 10.4 Å². The Bertz CT molecular complexity index is 615. The number of nitrogen functional groups attached to an aromatic ring is 2. The van der Waals surface area contributed by atoms with Gasteiger partial charge in [-0.3, -0.25) is 9.78 Å². The van der Waals surface area contributed by atoms with Gasteiger partial charge in [-0.1, -0.05) is 6.07 Å². The maximum Gasteiger partial charge on any atom is 0.335 e. The average molecular weight is 264 g/mol. The van der Waals surface area contributed by atoms with Gasteiger partial charge in [0.15, 0.2) is 0 Å². The molecule has 0 saturated heterocycles. The summed E-state index contributed by atoms with van der Waals surface area (Å²) in [6, 6.07) is 7.11. The van der Waals surface area contributed by atoms with Gasteiger partial charge in [-0.15, -0.1) is 0 Å². The third-order valence-corrected chi connectivity index (χ3v) is 1.88. The van der Waals surface area contributed by atoms with Crippen LogP contribution in [0, 0.1) is 0 Å². The quantitative estimate of drug-likeness (QED) is 0.454. The Morgan fingerprint density at radius 1 is 1.26 bits per heavy atom. The fourth-order valence-electron chi connectivity index (χ4n) is 1.13. The summed E-state index contributed by atoms with van der Waals surface area (Å²) in [5.41, 5.74) is 10.6. The lowest BCUT2D eigenvalue weighted by atomic mass is 10.2. The number of rotatable bonds is 1. The normalized spacial score (nSPS) is 9.26. The first-order valence-electron chi connectivity index (χ1n) is 5.03. The van der Waals surface area contributed by atoms with Crippen molar-refractivity contribution in [3.8, 4) is 5.88 Å². The summed E-state index contributed by atoms with van der Waals surface area (Å²) in [4.78, 5) is 26.1. The average Bonchev–Trinajstić information content (AvgIpc) is 2.27. The number of carbonyl (C=O) groups is 1. The van der Waals surface area contributed by atoms with Gasteiger partial charge in [0.2, 0.25) is 11.8 Å². The third kappa shape index (κ3) is 4.77. The zero-order valence-corrected chi connectivity index (χ0v) is 9.70. The van der Waals surface area contributed by atoms with Crippen molar-refractivity contribution in [2.45, 2.75) is 0 Å². The summed E-state index contributed by atoms with van der Waals surface area (Å²) in [6.45, 7) is 0. The number of nitrogens with zero attached hydrogens (tertiary/aromatic N) is 1. The van der Waals surface area contributed by atoms with Crippen LogP contribution in [0.4, 0.5) is 11.6 Å². The summed E-state index contributed by atoms with van der Waals surface area (Å²) < 4.78 is 0. The van der Waals surface area contributed by atoms with E-state index in [9.17, 15) is 9.59 Å². The third-order valence-electron chi connectivity index (χ3n) is 1.88. The van der Waals surface area contributed by atoms with E-state index in [1.54, 1.807) is 12.1 Å². The van der Waals surface area contributed by atoms with E-state index >= 15 is 0 Å². The predicted octanol–water partition coefficient (Wildman–Crippen LogP) is 0.0247. The molecule has 8 heteroatoms. The fourth-order valence-corrected chi connectivity index (χ4v) is 1.13. The van der Waals surface area contributed by atoms with Gasteiger partial charge in [0.05, 0.1) is 11.6 Å². The second kappa shape index (κ2) is 6.05. The topological polar surface area (TPSA) is 155 Å². The number of aromatic nitrogens is 2. The number of anilines is 2. The molecule has 1 heterocycles. The van der Waals surface area contributed by atoms with Gasteiger partial charge in [-0.05, 0) is 18.2 Å². The minimum atomic E-state index is -0.952. The van der Waals surface area contributed by atoms with E-state index in [-0.39, 0.29) is 17.4 Å². The molecular formula is C11H12N4O4. The molecule has 2 rings (SSSR count). The number of hydrogen-bond donors (Lipinski definition) is 5. The number of hydrogen-bond acceptors (Lipinski definition) is 6. The molecule has 0 bridgehead atoms. The maximum absolute atomic E-state index is 10.4. The minimum absolute atomic E-state index is 0.0833. The molecule has 0 aliphatic heterocycles. The van der Waals surface area contributed by atoms with Crippen LogP contribution in [0.5, 0.6) is 5.88 Å². The lowest BCUT2D eigenvalue weighted by molar-refractivity contribution is 0.0697. The molecule has 0 fully saturated rings. The molecule has 7 N–H and O–H groups in total. The molecule has 0 spiro atoms. The maximum atomic E-state index is 10.4. The Labute approximate surface area is 107 Å². The van der Waals surface area contributed by atoms with Gasteiger partial charge in [0.25, 0.3) is 5.56 Å². The van der Waals surface area contributed by atoms with Crippen LogP contribution in [0.2, 0.25) is 0 Å². The zero-order valence-electron chi connectivity index (χ0n) is 9.70. The molecular weight excluding hydrogens is 252 g/mol. The van der Waals surface area contributed by atoms with E-state index in [0.717, 1.165) is 6.07 Å². The first-order chi connectivity index (χ1) is 8.88. The van der Waals surface area contributed by atoms with Crippen LogP contribution in [0.25, 0.3) is 0 Å². The Hall–Kier alpha value is -3.03. The number of H-pyrrole nitrogens is 1. The Balaban J connectivity index is 0.000000191. The minimum Gasteiger partial charge on any atom is -0.493 e. The molecule has 1 aromatic carbocycles. The summed E-state index contributed by atoms with van der Waals surface area (Å²) in [5, 5.41) is 17.0. The monoisotopic (exact) mass is 264 g/mol. The lowest BCUT2D eigenvalue weighted by Gasteiger charge is -1.93. The molecule has 0 atom stereocenters. The highest BCUT2D eigenvalue weighted by Gasteiger charge is 1.99. The molecule has 0 aliphatic carbocycles. The molecule has 0 radical (unpaired) electrons. The van der Waals surface area contributed by atoms with Crippen LogP contribution < -0.4 is 17.0 Å². The molecule has 0 aliphatic rings. The standard InChI is InChI=1S/C7H7NO2.C4H5N3O2/c8-6-3-1-2-5(4-6)7(9)10;5-4-6-2(8)1-3(9)7-4/h1-4H,8H2,(H,9,10);1H,(H4,5,6,7,8,9). The summed E-state index contributed by atoms with van der Waals surface area (Å²) in [7, 11) is 0. The highest BCUT2D eigenvalue weighted by atomic mass is 16.4. The van der Waals surface area contributed by atoms with E-state index in [2.05, 4.69) is 9.97 Å². The number of aromatic carboxylic acids is 1. The predicted molar refractivity (Wildman–Crippen MR) is 68.7 cm³/mol. The van der Waals surface area contributed by atoms with Crippen LogP contribution in [0.3, 0.4) is 0 Å². The van der Waals surface area contributed by atoms with Gasteiger partial charge in [-0.2, -0.15) is 4.98 Å². The van der Waals surface area contributed by atoms with E-state index < -0.39 is 11.5 Å². The SMILES string of the molecule is Nc1cccc(C(=O)O)c1.Nc1nc(O)cc(=O)[nH]1. The van der Waals surface area contributed by atoms with Gasteiger partial charge < -0.3 is 21.7 Å². The van der Waals surface area contributed by atoms with Gasteiger partial charge in [0.1, 0.15) is 0 Å².